The lowest BCUT2D eigenvalue weighted by Gasteiger charge is -2.24. The van der Waals surface area contributed by atoms with Gasteiger partial charge in [0.2, 0.25) is 8.32 Å². The van der Waals surface area contributed by atoms with Crippen molar-refractivity contribution < 1.29 is 14.0 Å². The topological polar surface area (TPSA) is 35.5 Å². The van der Waals surface area contributed by atoms with E-state index in [1.165, 1.54) is 7.11 Å². The monoisotopic (exact) mass is 186 g/mol. The molecule has 2 rings (SSSR count). The number of carbonyl (C=O) groups is 1. The second-order valence-corrected chi connectivity index (χ2v) is 8.39. The van der Waals surface area contributed by atoms with E-state index in [-0.39, 0.29) is 11.0 Å². The minimum absolute atomic E-state index is 0.0401. The molecule has 1 saturated carbocycles. The van der Waals surface area contributed by atoms with Crippen molar-refractivity contribution in [1.29, 1.82) is 0 Å². The summed E-state index contributed by atoms with van der Waals surface area (Å²) in [6, 6.07) is 0. The maximum atomic E-state index is 11.5. The highest BCUT2D eigenvalue weighted by Gasteiger charge is 2.75. The van der Waals surface area contributed by atoms with E-state index in [4.69, 9.17) is 9.16 Å². The van der Waals surface area contributed by atoms with Crippen LogP contribution >= 0.6 is 0 Å². The van der Waals surface area contributed by atoms with E-state index in [0.717, 1.165) is 13.0 Å². The second-order valence-electron chi connectivity index (χ2n) is 4.19. The Bertz CT molecular complexity index is 238. The fourth-order valence-corrected chi connectivity index (χ4v) is 5.66. The third-order valence-electron chi connectivity index (χ3n) is 3.37. The molecule has 0 unspecified atom stereocenters. The van der Waals surface area contributed by atoms with Gasteiger partial charge >= 0.3 is 5.97 Å². The van der Waals surface area contributed by atoms with Crippen LogP contribution in [0, 0.1) is 5.92 Å². The molecule has 0 spiro atoms. The summed E-state index contributed by atoms with van der Waals surface area (Å²) in [5.41, 5.74) is 0. The fraction of sp³-hybridized carbons (Fsp3) is 0.875. The Balaban J connectivity index is 2.28. The predicted octanol–water partition coefficient (Wildman–Crippen LogP) is 1.15. The highest BCUT2D eigenvalue weighted by atomic mass is 28.4. The third-order valence-corrected chi connectivity index (χ3v) is 7.23. The summed E-state index contributed by atoms with van der Waals surface area (Å²) >= 11 is 0. The Kier molecular flexibility index (Phi) is 1.45. The van der Waals surface area contributed by atoms with Crippen LogP contribution < -0.4 is 0 Å². The van der Waals surface area contributed by atoms with Crippen LogP contribution in [0.2, 0.25) is 18.1 Å². The maximum Gasteiger partial charge on any atom is 0.311 e. The zero-order valence-electron chi connectivity index (χ0n) is 7.72. The SMILES string of the molecule is COC(=O)[C@]12C[C@H]1CO[Si]2(C)C. The van der Waals surface area contributed by atoms with Gasteiger partial charge in [0.05, 0.1) is 12.1 Å². The molecule has 1 aliphatic heterocycles. The van der Waals surface area contributed by atoms with Crippen LogP contribution in [0.4, 0.5) is 0 Å². The van der Waals surface area contributed by atoms with Crippen molar-refractivity contribution in [2.24, 2.45) is 5.92 Å². The largest absolute Gasteiger partial charge is 0.469 e. The first-order valence-corrected chi connectivity index (χ1v) is 7.18. The van der Waals surface area contributed by atoms with E-state index in [0.29, 0.717) is 5.92 Å². The molecule has 4 heteroatoms. The van der Waals surface area contributed by atoms with Crippen LogP contribution in [0.3, 0.4) is 0 Å². The molecule has 2 atom stereocenters. The van der Waals surface area contributed by atoms with Gasteiger partial charge in [-0.3, -0.25) is 4.79 Å². The Morgan fingerprint density at radius 1 is 1.67 bits per heavy atom. The Morgan fingerprint density at radius 2 is 2.33 bits per heavy atom. The van der Waals surface area contributed by atoms with Crippen molar-refractivity contribution in [3.8, 4) is 0 Å². The summed E-state index contributed by atoms with van der Waals surface area (Å²) in [5.74, 6) is 0.424. The Morgan fingerprint density at radius 3 is 2.67 bits per heavy atom. The number of carbonyl (C=O) groups excluding carboxylic acids is 1. The highest BCUT2D eigenvalue weighted by molar-refractivity contribution is 6.79. The van der Waals surface area contributed by atoms with Crippen LogP contribution in [0.15, 0.2) is 0 Å². The summed E-state index contributed by atoms with van der Waals surface area (Å²) in [7, 11) is -0.311. The van der Waals surface area contributed by atoms with Gasteiger partial charge < -0.3 is 9.16 Å². The minimum atomic E-state index is -1.78. The second kappa shape index (κ2) is 2.11. The number of hydrogen-bond acceptors (Lipinski definition) is 3. The molecule has 12 heavy (non-hydrogen) atoms. The van der Waals surface area contributed by atoms with Crippen LogP contribution in [-0.4, -0.2) is 28.0 Å². The molecule has 0 bridgehead atoms. The van der Waals surface area contributed by atoms with Crippen molar-refractivity contribution in [1.82, 2.24) is 0 Å². The molecule has 0 amide bonds. The Labute approximate surface area is 73.2 Å². The van der Waals surface area contributed by atoms with Gasteiger partial charge in [-0.1, -0.05) is 0 Å². The summed E-state index contributed by atoms with van der Waals surface area (Å²) in [6.45, 7) is 4.99. The first kappa shape index (κ1) is 8.25. The van der Waals surface area contributed by atoms with E-state index in [1.807, 2.05) is 0 Å². The minimum Gasteiger partial charge on any atom is -0.469 e. The van der Waals surface area contributed by atoms with Crippen molar-refractivity contribution in [2.75, 3.05) is 13.7 Å². The number of ether oxygens (including phenoxy) is 1. The van der Waals surface area contributed by atoms with Gasteiger partial charge in [0.25, 0.3) is 0 Å². The predicted molar refractivity (Wildman–Crippen MR) is 46.3 cm³/mol. The normalized spacial score (nSPS) is 42.1. The zero-order chi connectivity index (χ0) is 8.98. The summed E-state index contributed by atoms with van der Waals surface area (Å²) in [4.78, 5) is 11.5. The summed E-state index contributed by atoms with van der Waals surface area (Å²) < 4.78 is 10.5. The highest BCUT2D eigenvalue weighted by Crippen LogP contribution is 2.70. The lowest BCUT2D eigenvalue weighted by atomic mass is 10.3. The van der Waals surface area contributed by atoms with Gasteiger partial charge in [0.1, 0.15) is 0 Å². The van der Waals surface area contributed by atoms with E-state index < -0.39 is 8.32 Å². The number of fused-ring (bicyclic) bond motifs is 1. The van der Waals surface area contributed by atoms with Crippen LogP contribution in [-0.2, 0) is 14.0 Å². The van der Waals surface area contributed by atoms with Gasteiger partial charge in [-0.15, -0.1) is 0 Å². The van der Waals surface area contributed by atoms with Crippen molar-refractivity contribution in [3.05, 3.63) is 0 Å². The molecule has 1 saturated heterocycles. The Hall–Kier alpha value is -0.353. The van der Waals surface area contributed by atoms with Crippen molar-refractivity contribution in [2.45, 2.75) is 24.6 Å². The smallest absolute Gasteiger partial charge is 0.311 e. The first-order valence-electron chi connectivity index (χ1n) is 4.27. The summed E-state index contributed by atoms with van der Waals surface area (Å²) in [6.07, 6.45) is 0.999. The van der Waals surface area contributed by atoms with Crippen molar-refractivity contribution >= 4 is 14.3 Å². The lowest BCUT2D eigenvalue weighted by molar-refractivity contribution is -0.141. The van der Waals surface area contributed by atoms with E-state index in [1.54, 1.807) is 0 Å². The molecule has 0 N–H and O–H groups in total. The van der Waals surface area contributed by atoms with Crippen LogP contribution in [0.25, 0.3) is 0 Å². The van der Waals surface area contributed by atoms with Crippen molar-refractivity contribution in [3.63, 3.8) is 0 Å². The molecule has 0 aromatic heterocycles. The van der Waals surface area contributed by atoms with Gasteiger partial charge in [0.15, 0.2) is 0 Å². The molecule has 2 aliphatic rings. The number of rotatable bonds is 1. The fourth-order valence-electron chi connectivity index (χ4n) is 2.38. The molecule has 68 valence electrons. The number of methoxy groups -OCH3 is 1. The molecular weight excluding hydrogens is 172 g/mol. The number of esters is 1. The van der Waals surface area contributed by atoms with E-state index in [2.05, 4.69) is 13.1 Å². The molecule has 1 aliphatic carbocycles. The third kappa shape index (κ3) is 0.720. The average Bonchev–Trinajstić information content (AvgIpc) is 2.70. The van der Waals surface area contributed by atoms with Crippen LogP contribution in [0.5, 0.6) is 0 Å². The van der Waals surface area contributed by atoms with E-state index in [9.17, 15) is 4.79 Å². The summed E-state index contributed by atoms with van der Waals surface area (Å²) in [5, 5.41) is -0.179. The van der Waals surface area contributed by atoms with E-state index >= 15 is 0 Å². The first-order chi connectivity index (χ1) is 5.54. The molecule has 2 fully saturated rings. The molecule has 0 radical (unpaired) electrons. The molecule has 0 aromatic carbocycles. The molecule has 3 nitrogen and oxygen atoms in total. The quantitative estimate of drug-likeness (QED) is 0.455. The van der Waals surface area contributed by atoms with Crippen LogP contribution in [0.1, 0.15) is 6.42 Å². The molecule has 1 heterocycles. The molecule has 0 aromatic rings. The van der Waals surface area contributed by atoms with Gasteiger partial charge in [0, 0.05) is 6.61 Å². The standard InChI is InChI=1S/C8H14O3Si/c1-10-7(9)8-4-6(8)5-11-12(8,2)3/h6H,4-5H2,1-3H3/t6-,8-/m0/s1. The van der Waals surface area contributed by atoms with Gasteiger partial charge in [-0.25, -0.2) is 0 Å². The average molecular weight is 186 g/mol. The maximum absolute atomic E-state index is 11.5. The van der Waals surface area contributed by atoms with Gasteiger partial charge in [-0.2, -0.15) is 0 Å². The number of hydrogen-bond donors (Lipinski definition) is 0. The lowest BCUT2D eigenvalue weighted by Crippen LogP contribution is -2.39. The molecular formula is C8H14O3Si. The zero-order valence-corrected chi connectivity index (χ0v) is 8.72. The van der Waals surface area contributed by atoms with Gasteiger partial charge in [-0.05, 0) is 25.4 Å².